The Labute approximate surface area is 132 Å². The highest BCUT2D eigenvalue weighted by Crippen LogP contribution is 2.31. The molecule has 0 aliphatic carbocycles. The molecule has 0 atom stereocenters. The highest BCUT2D eigenvalue weighted by Gasteiger charge is 2.16. The van der Waals surface area contributed by atoms with Crippen molar-refractivity contribution in [3.63, 3.8) is 0 Å². The van der Waals surface area contributed by atoms with Crippen LogP contribution in [0.3, 0.4) is 0 Å². The van der Waals surface area contributed by atoms with Crippen LogP contribution < -0.4 is 10.1 Å². The summed E-state index contributed by atoms with van der Waals surface area (Å²) in [6.45, 7) is 6.20. The van der Waals surface area contributed by atoms with Crippen LogP contribution in [0.1, 0.15) is 27.7 Å². The Balaban J connectivity index is 3.10. The minimum atomic E-state index is -1.21. The molecule has 0 bridgehead atoms. The van der Waals surface area contributed by atoms with Gasteiger partial charge in [0, 0.05) is 17.2 Å². The highest BCUT2D eigenvalue weighted by molar-refractivity contribution is 6.32. The van der Waals surface area contributed by atoms with E-state index in [0.29, 0.717) is 0 Å². The first-order valence-electron chi connectivity index (χ1n) is 6.51. The maximum Gasteiger partial charge on any atom is 0.331 e. The van der Waals surface area contributed by atoms with Gasteiger partial charge in [-0.25, -0.2) is 9.18 Å². The molecule has 1 amide bonds. The van der Waals surface area contributed by atoms with Gasteiger partial charge in [-0.3, -0.25) is 4.79 Å². The Hall–Kier alpha value is -2.08. The van der Waals surface area contributed by atoms with Crippen molar-refractivity contribution in [2.24, 2.45) is 0 Å². The summed E-state index contributed by atoms with van der Waals surface area (Å²) in [5.74, 6) is -2.44. The van der Waals surface area contributed by atoms with Gasteiger partial charge in [0.25, 0.3) is 5.91 Å². The largest absolute Gasteiger partial charge is 0.489 e. The molecule has 1 rings (SSSR count). The number of nitrogens with one attached hydrogen (secondary N) is 1. The van der Waals surface area contributed by atoms with E-state index in [2.05, 4.69) is 5.32 Å². The summed E-state index contributed by atoms with van der Waals surface area (Å²) >= 11 is 5.87. The van der Waals surface area contributed by atoms with Gasteiger partial charge in [-0.15, -0.1) is 0 Å². The van der Waals surface area contributed by atoms with Crippen molar-refractivity contribution >= 4 is 29.2 Å². The van der Waals surface area contributed by atoms with Crippen LogP contribution in [0.2, 0.25) is 5.02 Å². The summed E-state index contributed by atoms with van der Waals surface area (Å²) in [4.78, 5) is 22.8. The van der Waals surface area contributed by atoms with Crippen molar-refractivity contribution < 1.29 is 23.8 Å². The number of aliphatic carboxylic acids is 1. The average Bonchev–Trinajstić information content (AvgIpc) is 2.41. The van der Waals surface area contributed by atoms with Crippen LogP contribution in [0.4, 0.5) is 10.1 Å². The van der Waals surface area contributed by atoms with Crippen LogP contribution in [-0.4, -0.2) is 23.1 Å². The number of hydrogen-bond acceptors (Lipinski definition) is 3. The number of hydrogen-bond donors (Lipinski definition) is 2. The van der Waals surface area contributed by atoms with E-state index in [-0.39, 0.29) is 33.7 Å². The summed E-state index contributed by atoms with van der Waals surface area (Å²) in [5.41, 5.74) is -0.277. The van der Waals surface area contributed by atoms with Gasteiger partial charge in [0.2, 0.25) is 0 Å². The summed E-state index contributed by atoms with van der Waals surface area (Å²) < 4.78 is 19.3. The fourth-order valence-electron chi connectivity index (χ4n) is 1.52. The zero-order valence-electron chi connectivity index (χ0n) is 12.7. The number of rotatable bonds is 5. The van der Waals surface area contributed by atoms with Gasteiger partial charge < -0.3 is 15.2 Å². The van der Waals surface area contributed by atoms with E-state index in [9.17, 15) is 14.0 Å². The van der Waals surface area contributed by atoms with Crippen LogP contribution in [-0.2, 0) is 9.59 Å². The second-order valence-corrected chi connectivity index (χ2v) is 5.35. The number of carboxylic acid groups (broad SMARTS) is 1. The molecule has 0 unspecified atom stereocenters. The van der Waals surface area contributed by atoms with E-state index in [0.717, 1.165) is 6.07 Å². The zero-order chi connectivity index (χ0) is 17.0. The molecule has 0 heterocycles. The van der Waals surface area contributed by atoms with Gasteiger partial charge in [0.1, 0.15) is 11.6 Å². The lowest BCUT2D eigenvalue weighted by molar-refractivity contribution is -0.133. The van der Waals surface area contributed by atoms with Crippen molar-refractivity contribution in [2.45, 2.75) is 33.8 Å². The molecule has 22 heavy (non-hydrogen) atoms. The third-order valence-electron chi connectivity index (χ3n) is 2.86. The van der Waals surface area contributed by atoms with Crippen molar-refractivity contribution in [3.8, 4) is 5.75 Å². The molecule has 0 radical (unpaired) electrons. The number of carbonyl (C=O) groups excluding carboxylic acids is 1. The molecular formula is C15H17ClFNO4. The third-order valence-corrected chi connectivity index (χ3v) is 3.15. The first kappa shape index (κ1) is 18.0. The molecule has 1 aromatic carbocycles. The number of carbonyl (C=O) groups is 2. The molecule has 5 nitrogen and oxygen atoms in total. The summed E-state index contributed by atoms with van der Waals surface area (Å²) in [6.07, 6.45) is -0.178. The van der Waals surface area contributed by atoms with Crippen LogP contribution in [0, 0.1) is 5.82 Å². The topological polar surface area (TPSA) is 75.6 Å². The average molecular weight is 330 g/mol. The first-order valence-corrected chi connectivity index (χ1v) is 6.89. The Kier molecular flexibility index (Phi) is 5.93. The number of amides is 1. The van der Waals surface area contributed by atoms with E-state index < -0.39 is 17.7 Å². The normalized spacial score (nSPS) is 12.0. The molecule has 0 saturated carbocycles. The number of halogens is 2. The molecular weight excluding hydrogens is 313 g/mol. The van der Waals surface area contributed by atoms with Crippen molar-refractivity contribution in [2.75, 3.05) is 5.32 Å². The van der Waals surface area contributed by atoms with E-state index >= 15 is 0 Å². The molecule has 2 N–H and O–H groups in total. The second-order valence-electron chi connectivity index (χ2n) is 4.94. The van der Waals surface area contributed by atoms with Gasteiger partial charge >= 0.3 is 5.97 Å². The van der Waals surface area contributed by atoms with Gasteiger partial charge in [0.05, 0.1) is 16.8 Å². The van der Waals surface area contributed by atoms with Crippen LogP contribution >= 0.6 is 11.6 Å². The van der Waals surface area contributed by atoms with Crippen molar-refractivity contribution in [3.05, 3.63) is 34.1 Å². The molecule has 0 aromatic heterocycles. The molecule has 1 aromatic rings. The van der Waals surface area contributed by atoms with Crippen molar-refractivity contribution in [1.82, 2.24) is 0 Å². The fourth-order valence-corrected chi connectivity index (χ4v) is 1.71. The van der Waals surface area contributed by atoms with Gasteiger partial charge in [-0.05, 0) is 33.8 Å². The lowest BCUT2D eigenvalue weighted by Crippen LogP contribution is -2.17. The lowest BCUT2D eigenvalue weighted by atomic mass is 10.1. The maximum atomic E-state index is 13.9. The fraction of sp³-hybridized carbons (Fsp3) is 0.333. The molecule has 0 saturated heterocycles. The van der Waals surface area contributed by atoms with Crippen LogP contribution in [0.5, 0.6) is 5.75 Å². The Morgan fingerprint density at radius 1 is 1.27 bits per heavy atom. The monoisotopic (exact) mass is 329 g/mol. The SMILES string of the molecule is CC(C(=O)O)=C(C)C(=O)Nc1cc(OC(C)C)c(Cl)cc1F. The predicted molar refractivity (Wildman–Crippen MR) is 81.8 cm³/mol. The van der Waals surface area contributed by atoms with E-state index in [4.69, 9.17) is 21.4 Å². The summed E-state index contributed by atoms with van der Waals surface area (Å²) in [6, 6.07) is 2.29. The van der Waals surface area contributed by atoms with Crippen molar-refractivity contribution in [1.29, 1.82) is 0 Å². The lowest BCUT2D eigenvalue weighted by Gasteiger charge is -2.14. The Morgan fingerprint density at radius 3 is 2.36 bits per heavy atom. The molecule has 0 spiro atoms. The number of anilines is 1. The van der Waals surface area contributed by atoms with Crippen LogP contribution in [0.15, 0.2) is 23.3 Å². The van der Waals surface area contributed by atoms with E-state index in [1.54, 1.807) is 13.8 Å². The Morgan fingerprint density at radius 2 is 1.86 bits per heavy atom. The molecule has 0 aliphatic rings. The third kappa shape index (κ3) is 4.46. The van der Waals surface area contributed by atoms with Gasteiger partial charge in [0.15, 0.2) is 0 Å². The quantitative estimate of drug-likeness (QED) is 0.809. The first-order chi connectivity index (χ1) is 10.1. The maximum absolute atomic E-state index is 13.9. The molecule has 7 heteroatoms. The molecule has 0 fully saturated rings. The minimum Gasteiger partial charge on any atom is -0.489 e. The highest BCUT2D eigenvalue weighted by atomic mass is 35.5. The summed E-state index contributed by atoms with van der Waals surface area (Å²) in [5, 5.41) is 11.2. The Bertz CT molecular complexity index is 641. The standard InChI is InChI=1S/C15H17ClFNO4/c1-7(2)22-13-6-12(11(17)5-10(13)16)18-14(19)8(3)9(4)15(20)21/h5-7H,1-4H3,(H,18,19)(H,20,21). The number of benzene rings is 1. The summed E-state index contributed by atoms with van der Waals surface area (Å²) in [7, 11) is 0. The van der Waals surface area contributed by atoms with Gasteiger partial charge in [-0.2, -0.15) is 0 Å². The van der Waals surface area contributed by atoms with E-state index in [1.165, 1.54) is 19.9 Å². The molecule has 120 valence electrons. The smallest absolute Gasteiger partial charge is 0.331 e. The number of carboxylic acids is 1. The minimum absolute atomic E-state index is 0.0202. The van der Waals surface area contributed by atoms with E-state index in [1.807, 2.05) is 0 Å². The zero-order valence-corrected chi connectivity index (χ0v) is 13.4. The second kappa shape index (κ2) is 7.26. The van der Waals surface area contributed by atoms with Crippen LogP contribution in [0.25, 0.3) is 0 Å². The number of ether oxygens (including phenoxy) is 1. The predicted octanol–water partition coefficient (Wildman–Crippen LogP) is 3.63. The molecule has 0 aliphatic heterocycles. The van der Waals surface area contributed by atoms with Gasteiger partial charge in [-0.1, -0.05) is 11.6 Å².